The first-order chi connectivity index (χ1) is 7.13. The number of fused-ring (bicyclic) bond motifs is 2. The van der Waals surface area contributed by atoms with Crippen molar-refractivity contribution in [1.29, 1.82) is 0 Å². The Kier molecular flexibility index (Phi) is 2.57. The van der Waals surface area contributed by atoms with Crippen molar-refractivity contribution in [3.63, 3.8) is 0 Å². The SMILES string of the molecule is CC1(C)COc2ccc(OCCO)c1c2. The molecule has 0 saturated heterocycles. The van der Waals surface area contributed by atoms with E-state index in [2.05, 4.69) is 13.8 Å². The van der Waals surface area contributed by atoms with Gasteiger partial charge < -0.3 is 14.6 Å². The quantitative estimate of drug-likeness (QED) is 0.822. The van der Waals surface area contributed by atoms with Gasteiger partial charge in [-0.05, 0) is 18.2 Å². The Balaban J connectivity index is 2.33. The molecule has 2 bridgehead atoms. The van der Waals surface area contributed by atoms with E-state index in [1.807, 2.05) is 18.2 Å². The van der Waals surface area contributed by atoms with Crippen molar-refractivity contribution in [1.82, 2.24) is 0 Å². The zero-order chi connectivity index (χ0) is 10.9. The van der Waals surface area contributed by atoms with E-state index < -0.39 is 0 Å². The van der Waals surface area contributed by atoms with Gasteiger partial charge in [-0.25, -0.2) is 0 Å². The van der Waals surface area contributed by atoms with Crippen molar-refractivity contribution in [2.45, 2.75) is 19.3 Å². The molecule has 1 aliphatic heterocycles. The Morgan fingerprint density at radius 2 is 2.27 bits per heavy atom. The van der Waals surface area contributed by atoms with E-state index in [0.29, 0.717) is 13.2 Å². The molecule has 1 aliphatic rings. The van der Waals surface area contributed by atoms with Gasteiger partial charge in [0.05, 0.1) is 13.2 Å². The lowest BCUT2D eigenvalue weighted by atomic mass is 9.83. The van der Waals surface area contributed by atoms with E-state index >= 15 is 0 Å². The van der Waals surface area contributed by atoms with E-state index in [0.717, 1.165) is 17.1 Å². The fourth-order valence-corrected chi connectivity index (χ4v) is 1.75. The van der Waals surface area contributed by atoms with Crippen LogP contribution in [0.3, 0.4) is 0 Å². The van der Waals surface area contributed by atoms with Crippen LogP contribution in [0.25, 0.3) is 0 Å². The number of aliphatic hydroxyl groups excluding tert-OH is 1. The van der Waals surface area contributed by atoms with Crippen LogP contribution in [0.2, 0.25) is 0 Å². The normalized spacial score (nSPS) is 17.0. The van der Waals surface area contributed by atoms with Crippen molar-refractivity contribution >= 4 is 0 Å². The van der Waals surface area contributed by atoms with Gasteiger partial charge >= 0.3 is 0 Å². The van der Waals surface area contributed by atoms with Crippen LogP contribution in [-0.2, 0) is 5.41 Å². The van der Waals surface area contributed by atoms with Crippen LogP contribution in [0.15, 0.2) is 18.2 Å². The molecule has 2 rings (SSSR count). The topological polar surface area (TPSA) is 38.7 Å². The Labute approximate surface area is 89.6 Å². The molecule has 0 aliphatic carbocycles. The summed E-state index contributed by atoms with van der Waals surface area (Å²) in [5, 5.41) is 8.74. The van der Waals surface area contributed by atoms with Gasteiger partial charge in [-0.3, -0.25) is 0 Å². The van der Waals surface area contributed by atoms with Gasteiger partial charge in [-0.2, -0.15) is 0 Å². The maximum absolute atomic E-state index is 8.74. The summed E-state index contributed by atoms with van der Waals surface area (Å²) in [6.07, 6.45) is 0. The molecule has 3 heteroatoms. The molecule has 1 heterocycles. The molecule has 0 fully saturated rings. The van der Waals surface area contributed by atoms with Crippen LogP contribution in [0, 0.1) is 0 Å². The molecular weight excluding hydrogens is 192 g/mol. The average molecular weight is 208 g/mol. The van der Waals surface area contributed by atoms with Gasteiger partial charge in [-0.15, -0.1) is 0 Å². The van der Waals surface area contributed by atoms with E-state index in [1.165, 1.54) is 0 Å². The second kappa shape index (κ2) is 3.74. The van der Waals surface area contributed by atoms with E-state index in [1.54, 1.807) is 0 Å². The summed E-state index contributed by atoms with van der Waals surface area (Å²) in [4.78, 5) is 0. The molecule has 0 spiro atoms. The summed E-state index contributed by atoms with van der Waals surface area (Å²) in [5.41, 5.74) is 1.12. The van der Waals surface area contributed by atoms with Gasteiger partial charge in [-0.1, -0.05) is 13.8 Å². The maximum atomic E-state index is 8.74. The van der Waals surface area contributed by atoms with Gasteiger partial charge in [0.1, 0.15) is 18.1 Å². The minimum Gasteiger partial charge on any atom is -0.493 e. The smallest absolute Gasteiger partial charge is 0.123 e. The monoisotopic (exact) mass is 208 g/mol. The lowest BCUT2D eigenvalue weighted by Crippen LogP contribution is -2.30. The highest BCUT2D eigenvalue weighted by atomic mass is 16.5. The Morgan fingerprint density at radius 3 is 3.00 bits per heavy atom. The zero-order valence-corrected chi connectivity index (χ0v) is 9.12. The Morgan fingerprint density at radius 1 is 1.47 bits per heavy atom. The van der Waals surface area contributed by atoms with E-state index in [9.17, 15) is 0 Å². The number of benzene rings is 1. The molecule has 0 unspecified atom stereocenters. The number of hydrogen-bond donors (Lipinski definition) is 1. The summed E-state index contributed by atoms with van der Waals surface area (Å²) >= 11 is 0. The molecule has 82 valence electrons. The molecule has 0 aromatic heterocycles. The maximum Gasteiger partial charge on any atom is 0.123 e. The van der Waals surface area contributed by atoms with Gasteiger partial charge in [0.2, 0.25) is 0 Å². The number of hydrogen-bond acceptors (Lipinski definition) is 3. The van der Waals surface area contributed by atoms with Crippen LogP contribution < -0.4 is 9.47 Å². The molecule has 0 amide bonds. The predicted molar refractivity (Wildman–Crippen MR) is 57.5 cm³/mol. The molecule has 0 radical (unpaired) electrons. The minimum absolute atomic E-state index is 0.0287. The molecular formula is C12H16O3. The van der Waals surface area contributed by atoms with Crippen molar-refractivity contribution in [3.05, 3.63) is 23.8 Å². The molecule has 0 atom stereocenters. The van der Waals surface area contributed by atoms with Crippen molar-refractivity contribution in [2.75, 3.05) is 19.8 Å². The summed E-state index contributed by atoms with van der Waals surface area (Å²) in [7, 11) is 0. The second-order valence-electron chi connectivity index (χ2n) is 4.40. The first kappa shape index (κ1) is 10.3. The average Bonchev–Trinajstić information content (AvgIpc) is 2.23. The van der Waals surface area contributed by atoms with Crippen molar-refractivity contribution in [3.8, 4) is 11.5 Å². The number of rotatable bonds is 3. The van der Waals surface area contributed by atoms with Crippen LogP contribution in [0.4, 0.5) is 0 Å². The third kappa shape index (κ3) is 1.92. The van der Waals surface area contributed by atoms with Gasteiger partial charge in [0.15, 0.2) is 0 Å². The highest BCUT2D eigenvalue weighted by Crippen LogP contribution is 2.38. The fraction of sp³-hybridized carbons (Fsp3) is 0.500. The summed E-state index contributed by atoms with van der Waals surface area (Å²) in [5.74, 6) is 1.74. The predicted octanol–water partition coefficient (Wildman–Crippen LogP) is 1.73. The minimum atomic E-state index is -0.0287. The third-order valence-corrected chi connectivity index (χ3v) is 2.63. The number of aliphatic hydroxyl groups is 1. The molecule has 0 saturated carbocycles. The molecule has 3 nitrogen and oxygen atoms in total. The van der Waals surface area contributed by atoms with Crippen LogP contribution in [0.1, 0.15) is 19.4 Å². The van der Waals surface area contributed by atoms with E-state index in [4.69, 9.17) is 14.6 Å². The molecule has 1 aromatic carbocycles. The molecule has 1 N–H and O–H groups in total. The standard InChI is InChI=1S/C12H16O3/c1-12(2)8-15-9-3-4-11(10(12)7-9)14-6-5-13/h3-4,7,13H,5-6,8H2,1-2H3. The van der Waals surface area contributed by atoms with Crippen LogP contribution in [0.5, 0.6) is 11.5 Å². The lowest BCUT2D eigenvalue weighted by molar-refractivity contribution is 0.187. The first-order valence-corrected chi connectivity index (χ1v) is 5.14. The zero-order valence-electron chi connectivity index (χ0n) is 9.12. The van der Waals surface area contributed by atoms with Gasteiger partial charge in [0.25, 0.3) is 0 Å². The molecule has 15 heavy (non-hydrogen) atoms. The van der Waals surface area contributed by atoms with Crippen LogP contribution >= 0.6 is 0 Å². The summed E-state index contributed by atoms with van der Waals surface area (Å²) in [6.45, 7) is 5.29. The van der Waals surface area contributed by atoms with Crippen molar-refractivity contribution in [2.24, 2.45) is 0 Å². The summed E-state index contributed by atoms with van der Waals surface area (Å²) in [6, 6.07) is 5.81. The van der Waals surface area contributed by atoms with E-state index in [-0.39, 0.29) is 12.0 Å². The lowest BCUT2D eigenvalue weighted by Gasteiger charge is -2.32. The van der Waals surface area contributed by atoms with Crippen molar-refractivity contribution < 1.29 is 14.6 Å². The fourth-order valence-electron chi connectivity index (χ4n) is 1.75. The summed E-state index contributed by atoms with van der Waals surface area (Å²) < 4.78 is 11.0. The first-order valence-electron chi connectivity index (χ1n) is 5.14. The van der Waals surface area contributed by atoms with Gasteiger partial charge in [0, 0.05) is 11.0 Å². The highest BCUT2D eigenvalue weighted by Gasteiger charge is 2.29. The Hall–Kier alpha value is -1.22. The second-order valence-corrected chi connectivity index (χ2v) is 4.40. The third-order valence-electron chi connectivity index (χ3n) is 2.63. The van der Waals surface area contributed by atoms with Crippen LogP contribution in [-0.4, -0.2) is 24.9 Å². The largest absolute Gasteiger partial charge is 0.493 e. The number of ether oxygens (including phenoxy) is 2. The highest BCUT2D eigenvalue weighted by molar-refractivity contribution is 5.46. The molecule has 1 aromatic rings. The Bertz CT molecular complexity index is 358.